The molecule has 0 atom stereocenters. The van der Waals surface area contributed by atoms with Crippen molar-refractivity contribution in [1.29, 1.82) is 0 Å². The fourth-order valence-electron chi connectivity index (χ4n) is 2.59. The smallest absolute Gasteiger partial charge is 0.227 e. The van der Waals surface area contributed by atoms with Crippen molar-refractivity contribution in [3.8, 4) is 0 Å². The fraction of sp³-hybridized carbons (Fsp3) is 0.500. The molecule has 0 spiro atoms. The Morgan fingerprint density at radius 1 is 1.10 bits per heavy atom. The van der Waals surface area contributed by atoms with Crippen LogP contribution in [0.15, 0.2) is 24.3 Å². The second kappa shape index (κ2) is 6.26. The highest BCUT2D eigenvalue weighted by molar-refractivity contribution is 5.90. The number of nitrogens with zero attached hydrogens (tertiary/aromatic N) is 4. The third kappa shape index (κ3) is 3.08. The molecule has 0 radical (unpaired) electrons. The summed E-state index contributed by atoms with van der Waals surface area (Å²) in [5.41, 5.74) is 1.01. The largest absolute Gasteiger partial charge is 0.369 e. The van der Waals surface area contributed by atoms with Crippen LogP contribution in [-0.2, 0) is 0 Å². The van der Waals surface area contributed by atoms with Crippen molar-refractivity contribution < 1.29 is 0 Å². The molecule has 1 saturated heterocycles. The maximum Gasteiger partial charge on any atom is 0.227 e. The van der Waals surface area contributed by atoms with Crippen LogP contribution in [0.3, 0.4) is 0 Å². The van der Waals surface area contributed by atoms with Gasteiger partial charge < -0.3 is 15.1 Å². The third-order valence-corrected chi connectivity index (χ3v) is 3.92. The van der Waals surface area contributed by atoms with Crippen molar-refractivity contribution in [3.63, 3.8) is 0 Å². The molecule has 1 aliphatic rings. The van der Waals surface area contributed by atoms with Crippen LogP contribution in [0.2, 0.25) is 0 Å². The molecule has 0 unspecified atom stereocenters. The van der Waals surface area contributed by atoms with Gasteiger partial charge in [0.2, 0.25) is 5.95 Å². The summed E-state index contributed by atoms with van der Waals surface area (Å²) < 4.78 is 0. The Labute approximate surface area is 126 Å². The topological polar surface area (TPSA) is 44.3 Å². The molecule has 0 bridgehead atoms. The molecule has 2 heterocycles. The Balaban J connectivity index is 1.95. The van der Waals surface area contributed by atoms with E-state index in [0.29, 0.717) is 0 Å². The van der Waals surface area contributed by atoms with Crippen LogP contribution >= 0.6 is 0 Å². The molecule has 0 amide bonds. The van der Waals surface area contributed by atoms with Crippen molar-refractivity contribution in [2.75, 3.05) is 50.0 Å². The molecular weight excluding hydrogens is 262 g/mol. The van der Waals surface area contributed by atoms with E-state index in [9.17, 15) is 0 Å². The average Bonchev–Trinajstić information content (AvgIpc) is 2.53. The number of anilines is 2. The van der Waals surface area contributed by atoms with Crippen LogP contribution in [0.4, 0.5) is 11.8 Å². The molecule has 1 aliphatic heterocycles. The van der Waals surface area contributed by atoms with Crippen molar-refractivity contribution in [1.82, 2.24) is 14.9 Å². The highest BCUT2D eigenvalue weighted by Gasteiger charge is 2.18. The standard InChI is InChI=1S/C16H23N5/c1-3-8-17-15-13-6-4-5-7-14(13)18-16(19-15)21-11-9-20(2)10-12-21/h4-7H,3,8-12H2,1-2H3,(H,17,18,19). The summed E-state index contributed by atoms with van der Waals surface area (Å²) in [7, 11) is 2.16. The van der Waals surface area contributed by atoms with E-state index in [1.807, 2.05) is 12.1 Å². The predicted molar refractivity (Wildman–Crippen MR) is 88.0 cm³/mol. The monoisotopic (exact) mass is 285 g/mol. The Morgan fingerprint density at radius 2 is 1.86 bits per heavy atom. The van der Waals surface area contributed by atoms with Crippen molar-refractivity contribution in [2.45, 2.75) is 13.3 Å². The van der Waals surface area contributed by atoms with Gasteiger partial charge in [-0.3, -0.25) is 0 Å². The minimum atomic E-state index is 0.848. The molecule has 3 rings (SSSR count). The first-order valence-corrected chi connectivity index (χ1v) is 7.72. The van der Waals surface area contributed by atoms with Gasteiger partial charge in [0.25, 0.3) is 0 Å². The quantitative estimate of drug-likeness (QED) is 0.933. The van der Waals surface area contributed by atoms with Gasteiger partial charge in [0, 0.05) is 38.1 Å². The van der Waals surface area contributed by atoms with Crippen LogP contribution in [0.5, 0.6) is 0 Å². The maximum absolute atomic E-state index is 4.77. The van der Waals surface area contributed by atoms with Crippen LogP contribution < -0.4 is 10.2 Å². The number of hydrogen-bond donors (Lipinski definition) is 1. The molecule has 5 heteroatoms. The van der Waals surface area contributed by atoms with E-state index in [-0.39, 0.29) is 0 Å². The van der Waals surface area contributed by atoms with Gasteiger partial charge in [-0.25, -0.2) is 4.98 Å². The van der Waals surface area contributed by atoms with Crippen LogP contribution in [0.25, 0.3) is 10.9 Å². The van der Waals surface area contributed by atoms with Gasteiger partial charge in [0.15, 0.2) is 0 Å². The first kappa shape index (κ1) is 14.1. The van der Waals surface area contributed by atoms with Gasteiger partial charge in [-0.2, -0.15) is 4.98 Å². The Hall–Kier alpha value is -1.88. The van der Waals surface area contributed by atoms with E-state index in [4.69, 9.17) is 9.97 Å². The average molecular weight is 285 g/mol. The Kier molecular flexibility index (Phi) is 4.20. The van der Waals surface area contributed by atoms with Gasteiger partial charge in [0.05, 0.1) is 5.52 Å². The van der Waals surface area contributed by atoms with E-state index >= 15 is 0 Å². The van der Waals surface area contributed by atoms with Gasteiger partial charge in [-0.15, -0.1) is 0 Å². The zero-order valence-electron chi connectivity index (χ0n) is 12.8. The number of nitrogens with one attached hydrogen (secondary N) is 1. The zero-order chi connectivity index (χ0) is 14.7. The number of hydrogen-bond acceptors (Lipinski definition) is 5. The predicted octanol–water partition coefficient (Wildman–Crippen LogP) is 2.20. The molecular formula is C16H23N5. The van der Waals surface area contributed by atoms with Crippen LogP contribution in [0, 0.1) is 0 Å². The summed E-state index contributed by atoms with van der Waals surface area (Å²) in [5.74, 6) is 1.80. The number of fused-ring (bicyclic) bond motifs is 1. The van der Waals surface area contributed by atoms with Gasteiger partial charge in [0.1, 0.15) is 5.82 Å². The van der Waals surface area contributed by atoms with Crippen LogP contribution in [0.1, 0.15) is 13.3 Å². The summed E-state index contributed by atoms with van der Waals surface area (Å²) >= 11 is 0. The number of aromatic nitrogens is 2. The number of para-hydroxylation sites is 1. The molecule has 112 valence electrons. The first-order valence-electron chi connectivity index (χ1n) is 7.72. The SMILES string of the molecule is CCCNc1nc(N2CCN(C)CC2)nc2ccccc12. The molecule has 1 fully saturated rings. The molecule has 0 saturated carbocycles. The number of likely N-dealkylation sites (N-methyl/N-ethyl adjacent to an activating group) is 1. The first-order chi connectivity index (χ1) is 10.3. The summed E-state index contributed by atoms with van der Waals surface area (Å²) in [4.78, 5) is 14.1. The van der Waals surface area contributed by atoms with E-state index in [1.165, 1.54) is 0 Å². The van der Waals surface area contributed by atoms with Crippen LogP contribution in [-0.4, -0.2) is 54.6 Å². The Morgan fingerprint density at radius 3 is 2.62 bits per heavy atom. The molecule has 1 aromatic carbocycles. The second-order valence-corrected chi connectivity index (χ2v) is 5.61. The minimum absolute atomic E-state index is 0.848. The highest BCUT2D eigenvalue weighted by atomic mass is 15.3. The maximum atomic E-state index is 4.77. The lowest BCUT2D eigenvalue weighted by Crippen LogP contribution is -2.45. The lowest BCUT2D eigenvalue weighted by atomic mass is 10.2. The van der Waals surface area contributed by atoms with E-state index in [0.717, 1.165) is 61.8 Å². The zero-order valence-corrected chi connectivity index (χ0v) is 12.8. The van der Waals surface area contributed by atoms with Gasteiger partial charge >= 0.3 is 0 Å². The summed E-state index contributed by atoms with van der Waals surface area (Å²) in [6, 6.07) is 8.22. The fourth-order valence-corrected chi connectivity index (χ4v) is 2.59. The molecule has 21 heavy (non-hydrogen) atoms. The highest BCUT2D eigenvalue weighted by Crippen LogP contribution is 2.23. The van der Waals surface area contributed by atoms with E-state index < -0.39 is 0 Å². The number of benzene rings is 1. The van der Waals surface area contributed by atoms with Crippen molar-refractivity contribution in [2.24, 2.45) is 0 Å². The molecule has 5 nitrogen and oxygen atoms in total. The normalized spacial score (nSPS) is 16.4. The summed E-state index contributed by atoms with van der Waals surface area (Å²) in [5, 5.41) is 4.54. The van der Waals surface area contributed by atoms with Gasteiger partial charge in [-0.1, -0.05) is 19.1 Å². The molecule has 1 N–H and O–H groups in total. The Bertz CT molecular complexity index is 605. The lowest BCUT2D eigenvalue weighted by molar-refractivity contribution is 0.311. The van der Waals surface area contributed by atoms with E-state index in [1.54, 1.807) is 0 Å². The lowest BCUT2D eigenvalue weighted by Gasteiger charge is -2.32. The number of rotatable bonds is 4. The second-order valence-electron chi connectivity index (χ2n) is 5.61. The minimum Gasteiger partial charge on any atom is -0.369 e. The molecule has 2 aromatic rings. The number of piperazine rings is 1. The summed E-state index contributed by atoms with van der Waals surface area (Å²) in [6.45, 7) is 7.20. The van der Waals surface area contributed by atoms with Gasteiger partial charge in [-0.05, 0) is 25.6 Å². The van der Waals surface area contributed by atoms with E-state index in [2.05, 4.69) is 41.2 Å². The third-order valence-electron chi connectivity index (χ3n) is 3.92. The summed E-state index contributed by atoms with van der Waals surface area (Å²) in [6.07, 6.45) is 1.09. The van der Waals surface area contributed by atoms with Crippen molar-refractivity contribution >= 4 is 22.7 Å². The molecule has 1 aromatic heterocycles. The van der Waals surface area contributed by atoms with Crippen molar-refractivity contribution in [3.05, 3.63) is 24.3 Å². The molecule has 0 aliphatic carbocycles.